The van der Waals surface area contributed by atoms with E-state index in [1.165, 1.54) is 0 Å². The molecule has 1 rings (SSSR count). The normalized spacial score (nSPS) is 10.1. The highest BCUT2D eigenvalue weighted by Gasteiger charge is 2.04. The third-order valence-corrected chi connectivity index (χ3v) is 2.30. The maximum atomic E-state index is 10.9. The first kappa shape index (κ1) is 10.5. The Labute approximate surface area is 86.1 Å². The molecule has 2 nitrogen and oxygen atoms in total. The van der Waals surface area contributed by atoms with Gasteiger partial charge in [-0.05, 0) is 17.7 Å². The molecule has 0 aromatic heterocycles. The van der Waals surface area contributed by atoms with Crippen LogP contribution in [0.25, 0.3) is 0 Å². The highest BCUT2D eigenvalue weighted by molar-refractivity contribution is 6.42. The predicted octanol–water partition coefficient (Wildman–Crippen LogP) is 2.10. The second-order valence-electron chi connectivity index (χ2n) is 2.62. The van der Waals surface area contributed by atoms with Crippen LogP contribution in [0.5, 0.6) is 0 Å². The van der Waals surface area contributed by atoms with Crippen LogP contribution in [-0.4, -0.2) is 17.5 Å². The van der Waals surface area contributed by atoms with E-state index in [-0.39, 0.29) is 12.2 Å². The number of aliphatic hydroxyl groups is 1. The van der Waals surface area contributed by atoms with Gasteiger partial charge in [-0.25, -0.2) is 0 Å². The van der Waals surface area contributed by atoms with Crippen LogP contribution in [-0.2, 0) is 11.2 Å². The topological polar surface area (TPSA) is 37.3 Å². The molecule has 4 heteroatoms. The third kappa shape index (κ3) is 2.99. The molecular weight excluding hydrogens is 211 g/mol. The van der Waals surface area contributed by atoms with Crippen LogP contribution in [0.2, 0.25) is 10.0 Å². The van der Waals surface area contributed by atoms with Crippen molar-refractivity contribution in [1.29, 1.82) is 0 Å². The van der Waals surface area contributed by atoms with Gasteiger partial charge < -0.3 is 5.11 Å². The molecule has 1 aromatic rings. The largest absolute Gasteiger partial charge is 0.389 e. The number of halogens is 2. The molecule has 0 fully saturated rings. The lowest BCUT2D eigenvalue weighted by atomic mass is 10.1. The lowest BCUT2D eigenvalue weighted by Gasteiger charge is -2.00. The Morgan fingerprint density at radius 2 is 2.00 bits per heavy atom. The summed E-state index contributed by atoms with van der Waals surface area (Å²) in [5.41, 5.74) is 0.758. The van der Waals surface area contributed by atoms with Crippen LogP contribution < -0.4 is 0 Å². The van der Waals surface area contributed by atoms with E-state index in [9.17, 15) is 4.79 Å². The lowest BCUT2D eigenvalue weighted by Crippen LogP contribution is -2.07. The van der Waals surface area contributed by atoms with Crippen molar-refractivity contribution in [2.45, 2.75) is 6.42 Å². The highest BCUT2D eigenvalue weighted by atomic mass is 35.5. The predicted molar refractivity (Wildman–Crippen MR) is 52.3 cm³/mol. The molecule has 13 heavy (non-hydrogen) atoms. The summed E-state index contributed by atoms with van der Waals surface area (Å²) in [5.74, 6) is -0.238. The SMILES string of the molecule is O=C(CO)Cc1ccc(Cl)c(Cl)c1. The van der Waals surface area contributed by atoms with Crippen molar-refractivity contribution in [2.24, 2.45) is 0 Å². The summed E-state index contributed by atoms with van der Waals surface area (Å²) in [7, 11) is 0. The van der Waals surface area contributed by atoms with E-state index in [1.807, 2.05) is 0 Å². The Balaban J connectivity index is 2.79. The summed E-state index contributed by atoms with van der Waals surface area (Å²) >= 11 is 11.4. The maximum absolute atomic E-state index is 10.9. The molecule has 1 N–H and O–H groups in total. The fourth-order valence-corrected chi connectivity index (χ4v) is 1.25. The zero-order valence-electron chi connectivity index (χ0n) is 6.76. The Morgan fingerprint density at radius 3 is 2.54 bits per heavy atom. The average molecular weight is 219 g/mol. The van der Waals surface area contributed by atoms with Gasteiger partial charge in [0.2, 0.25) is 0 Å². The first-order valence-electron chi connectivity index (χ1n) is 3.70. The van der Waals surface area contributed by atoms with Crippen LogP contribution in [0.4, 0.5) is 0 Å². The standard InChI is InChI=1S/C9H8Cl2O2/c10-8-2-1-6(4-9(8)11)3-7(13)5-12/h1-2,4,12H,3,5H2. The molecule has 0 heterocycles. The zero-order valence-corrected chi connectivity index (χ0v) is 8.27. The van der Waals surface area contributed by atoms with E-state index in [0.29, 0.717) is 10.0 Å². The number of ketones is 1. The van der Waals surface area contributed by atoms with Crippen molar-refractivity contribution >= 4 is 29.0 Å². The van der Waals surface area contributed by atoms with Gasteiger partial charge in [-0.3, -0.25) is 4.79 Å². The molecule has 0 spiro atoms. The minimum atomic E-state index is -0.444. The van der Waals surface area contributed by atoms with E-state index in [1.54, 1.807) is 18.2 Å². The molecular formula is C9H8Cl2O2. The molecule has 0 aliphatic rings. The van der Waals surface area contributed by atoms with Gasteiger partial charge in [-0.1, -0.05) is 29.3 Å². The number of hydrogen-bond donors (Lipinski definition) is 1. The summed E-state index contributed by atoms with van der Waals surface area (Å²) in [6.45, 7) is -0.444. The number of Topliss-reactive ketones (excluding diaryl/α,β-unsaturated/α-hetero) is 1. The van der Waals surface area contributed by atoms with Crippen LogP contribution in [0.1, 0.15) is 5.56 Å². The minimum Gasteiger partial charge on any atom is -0.389 e. The van der Waals surface area contributed by atoms with Crippen LogP contribution >= 0.6 is 23.2 Å². The van der Waals surface area contributed by atoms with Crippen molar-refractivity contribution in [3.8, 4) is 0 Å². The lowest BCUT2D eigenvalue weighted by molar-refractivity contribution is -0.121. The quantitative estimate of drug-likeness (QED) is 0.845. The highest BCUT2D eigenvalue weighted by Crippen LogP contribution is 2.22. The van der Waals surface area contributed by atoms with E-state index >= 15 is 0 Å². The van der Waals surface area contributed by atoms with Crippen molar-refractivity contribution in [2.75, 3.05) is 6.61 Å². The van der Waals surface area contributed by atoms with Gasteiger partial charge in [0.15, 0.2) is 5.78 Å². The molecule has 0 aliphatic heterocycles. The molecule has 0 saturated carbocycles. The van der Waals surface area contributed by atoms with Gasteiger partial charge in [0.1, 0.15) is 6.61 Å². The molecule has 1 aromatic carbocycles. The van der Waals surface area contributed by atoms with Crippen molar-refractivity contribution in [3.63, 3.8) is 0 Å². The first-order valence-corrected chi connectivity index (χ1v) is 4.45. The van der Waals surface area contributed by atoms with Crippen LogP contribution in [0, 0.1) is 0 Å². The van der Waals surface area contributed by atoms with Gasteiger partial charge in [0, 0.05) is 6.42 Å². The minimum absolute atomic E-state index is 0.188. The fourth-order valence-electron chi connectivity index (χ4n) is 0.933. The summed E-state index contributed by atoms with van der Waals surface area (Å²) in [4.78, 5) is 10.9. The molecule has 0 atom stereocenters. The second-order valence-corrected chi connectivity index (χ2v) is 3.44. The average Bonchev–Trinajstić information content (AvgIpc) is 2.11. The summed E-state index contributed by atoms with van der Waals surface area (Å²) < 4.78 is 0. The number of carbonyl (C=O) groups is 1. The summed E-state index contributed by atoms with van der Waals surface area (Å²) in [6.07, 6.45) is 0.188. The number of rotatable bonds is 3. The van der Waals surface area contributed by atoms with Crippen LogP contribution in [0.3, 0.4) is 0 Å². The number of hydrogen-bond acceptors (Lipinski definition) is 2. The van der Waals surface area contributed by atoms with Gasteiger partial charge in [-0.2, -0.15) is 0 Å². The maximum Gasteiger partial charge on any atom is 0.162 e. The fraction of sp³-hybridized carbons (Fsp3) is 0.222. The first-order chi connectivity index (χ1) is 6.13. The van der Waals surface area contributed by atoms with E-state index in [0.717, 1.165) is 5.56 Å². The molecule has 0 aliphatic carbocycles. The molecule has 0 radical (unpaired) electrons. The smallest absolute Gasteiger partial charge is 0.162 e. The summed E-state index contributed by atoms with van der Waals surface area (Å²) in [6, 6.07) is 4.96. The van der Waals surface area contributed by atoms with Gasteiger partial charge in [-0.15, -0.1) is 0 Å². The Morgan fingerprint density at radius 1 is 1.31 bits per heavy atom. The van der Waals surface area contributed by atoms with Gasteiger partial charge in [0.25, 0.3) is 0 Å². The summed E-state index contributed by atoms with van der Waals surface area (Å²) in [5, 5.41) is 9.39. The number of benzene rings is 1. The Kier molecular flexibility index (Phi) is 3.72. The Bertz CT molecular complexity index is 323. The van der Waals surface area contributed by atoms with Crippen LogP contribution in [0.15, 0.2) is 18.2 Å². The van der Waals surface area contributed by atoms with Gasteiger partial charge in [0.05, 0.1) is 10.0 Å². The number of carbonyl (C=O) groups excluding carboxylic acids is 1. The van der Waals surface area contributed by atoms with E-state index < -0.39 is 6.61 Å². The van der Waals surface area contributed by atoms with Crippen molar-refractivity contribution in [1.82, 2.24) is 0 Å². The second kappa shape index (κ2) is 4.61. The van der Waals surface area contributed by atoms with Crippen molar-refractivity contribution < 1.29 is 9.90 Å². The monoisotopic (exact) mass is 218 g/mol. The molecule has 0 bridgehead atoms. The molecule has 0 amide bonds. The Hall–Kier alpha value is -0.570. The molecule has 0 unspecified atom stereocenters. The van der Waals surface area contributed by atoms with Crippen molar-refractivity contribution in [3.05, 3.63) is 33.8 Å². The van der Waals surface area contributed by atoms with Gasteiger partial charge >= 0.3 is 0 Å². The van der Waals surface area contributed by atoms with E-state index in [4.69, 9.17) is 28.3 Å². The molecule has 0 saturated heterocycles. The number of aliphatic hydroxyl groups excluding tert-OH is 1. The van der Waals surface area contributed by atoms with E-state index in [2.05, 4.69) is 0 Å². The zero-order chi connectivity index (χ0) is 9.84. The third-order valence-electron chi connectivity index (χ3n) is 1.56. The molecule has 70 valence electrons.